The number of hydrogen-bond acceptors (Lipinski definition) is 5. The number of rotatable bonds is 4. The molecule has 2 aliphatic rings. The molecule has 1 saturated heterocycles. The number of aryl methyl sites for hydroxylation is 1. The first-order valence-electron chi connectivity index (χ1n) is 8.25. The minimum Gasteiger partial charge on any atom is -0.339 e. The molecule has 0 atom stereocenters. The summed E-state index contributed by atoms with van der Waals surface area (Å²) in [6.07, 6.45) is 7.91. The lowest BCUT2D eigenvalue weighted by Crippen LogP contribution is -2.28. The van der Waals surface area contributed by atoms with Crippen LogP contribution in [0.1, 0.15) is 40.7 Å². The fourth-order valence-corrected chi connectivity index (χ4v) is 4.58. The first-order valence-corrected chi connectivity index (χ1v) is 10.0. The Morgan fingerprint density at radius 2 is 2.04 bits per heavy atom. The van der Waals surface area contributed by atoms with Crippen molar-refractivity contribution in [2.24, 2.45) is 0 Å². The smallest absolute Gasteiger partial charge is 0.250 e. The SMILES string of the molecule is Cc1nc(Cc2nc(C3=CCC(C(=O)N4CCCC4)=C3)cs2)cs1. The van der Waals surface area contributed by atoms with E-state index in [1.165, 1.54) is 0 Å². The molecule has 124 valence electrons. The predicted molar refractivity (Wildman–Crippen MR) is 98.3 cm³/mol. The number of nitrogens with zero attached hydrogens (tertiary/aromatic N) is 3. The maximum atomic E-state index is 12.5. The molecule has 24 heavy (non-hydrogen) atoms. The minimum absolute atomic E-state index is 0.201. The highest BCUT2D eigenvalue weighted by Gasteiger charge is 2.23. The number of likely N-dealkylation sites (tertiary alicyclic amines) is 1. The standard InChI is InChI=1S/C18H19N3OS2/c1-12-19-15(10-23-12)9-17-20-16(11-24-17)13-4-5-14(8-13)18(22)21-6-2-3-7-21/h4,8,10-11H,2-3,5-7,9H2,1H3. The maximum Gasteiger partial charge on any atom is 0.250 e. The Hall–Kier alpha value is -1.79. The van der Waals surface area contributed by atoms with Gasteiger partial charge in [-0.3, -0.25) is 4.79 Å². The van der Waals surface area contributed by atoms with Crippen LogP contribution < -0.4 is 0 Å². The molecule has 6 heteroatoms. The first kappa shape index (κ1) is 15.7. The lowest BCUT2D eigenvalue weighted by molar-refractivity contribution is -0.126. The van der Waals surface area contributed by atoms with Gasteiger partial charge in [-0.05, 0) is 37.8 Å². The van der Waals surface area contributed by atoms with E-state index < -0.39 is 0 Å². The van der Waals surface area contributed by atoms with Crippen LogP contribution in [0, 0.1) is 6.92 Å². The Labute approximate surface area is 149 Å². The summed E-state index contributed by atoms with van der Waals surface area (Å²) >= 11 is 3.34. The van der Waals surface area contributed by atoms with Crippen molar-refractivity contribution in [3.8, 4) is 0 Å². The summed E-state index contributed by atoms with van der Waals surface area (Å²) < 4.78 is 0. The molecule has 4 rings (SSSR count). The van der Waals surface area contributed by atoms with Crippen molar-refractivity contribution in [3.05, 3.63) is 49.9 Å². The van der Waals surface area contributed by atoms with Crippen LogP contribution in [0.3, 0.4) is 0 Å². The molecule has 2 aromatic rings. The van der Waals surface area contributed by atoms with Gasteiger partial charge < -0.3 is 4.90 Å². The van der Waals surface area contributed by atoms with Gasteiger partial charge in [-0.15, -0.1) is 22.7 Å². The van der Waals surface area contributed by atoms with Crippen LogP contribution in [0.5, 0.6) is 0 Å². The predicted octanol–water partition coefficient (Wildman–Crippen LogP) is 3.83. The van der Waals surface area contributed by atoms with E-state index in [0.29, 0.717) is 0 Å². The zero-order valence-corrected chi connectivity index (χ0v) is 15.3. The van der Waals surface area contributed by atoms with Crippen molar-refractivity contribution in [2.75, 3.05) is 13.1 Å². The molecule has 2 aromatic heterocycles. The highest BCUT2D eigenvalue weighted by molar-refractivity contribution is 7.10. The average molecular weight is 358 g/mol. The summed E-state index contributed by atoms with van der Waals surface area (Å²) in [5.74, 6) is 0.201. The van der Waals surface area contributed by atoms with Crippen molar-refractivity contribution >= 4 is 34.2 Å². The van der Waals surface area contributed by atoms with Crippen LogP contribution >= 0.6 is 22.7 Å². The second-order valence-electron chi connectivity index (χ2n) is 6.19. The van der Waals surface area contributed by atoms with Gasteiger partial charge in [0.1, 0.15) is 0 Å². The Balaban J connectivity index is 1.45. The Morgan fingerprint density at radius 3 is 2.79 bits per heavy atom. The van der Waals surface area contributed by atoms with E-state index in [1.807, 2.05) is 17.9 Å². The molecule has 0 aromatic carbocycles. The molecular weight excluding hydrogens is 338 g/mol. The quantitative estimate of drug-likeness (QED) is 0.835. The first-order chi connectivity index (χ1) is 11.7. The number of hydrogen-bond donors (Lipinski definition) is 0. The Kier molecular flexibility index (Phi) is 4.33. The van der Waals surface area contributed by atoms with Crippen LogP contribution in [0.4, 0.5) is 0 Å². The van der Waals surface area contributed by atoms with Crippen molar-refractivity contribution < 1.29 is 4.79 Å². The largest absolute Gasteiger partial charge is 0.339 e. The third-order valence-corrected chi connectivity index (χ3v) is 6.06. The molecule has 1 fully saturated rings. The third-order valence-electron chi connectivity index (χ3n) is 4.39. The van der Waals surface area contributed by atoms with Crippen LogP contribution in [0.15, 0.2) is 28.5 Å². The van der Waals surface area contributed by atoms with Crippen molar-refractivity contribution in [1.29, 1.82) is 0 Å². The molecule has 0 spiro atoms. The van der Waals surface area contributed by atoms with Gasteiger partial charge in [0, 0.05) is 35.8 Å². The minimum atomic E-state index is 0.201. The summed E-state index contributed by atoms with van der Waals surface area (Å²) in [7, 11) is 0. The number of thiazole rings is 2. The zero-order valence-electron chi connectivity index (χ0n) is 13.6. The van der Waals surface area contributed by atoms with Gasteiger partial charge in [-0.2, -0.15) is 0 Å². The fourth-order valence-electron chi connectivity index (χ4n) is 3.15. The summed E-state index contributed by atoms with van der Waals surface area (Å²) in [5.41, 5.74) is 4.04. The molecule has 1 aliphatic heterocycles. The van der Waals surface area contributed by atoms with Gasteiger partial charge in [0.05, 0.1) is 21.4 Å². The van der Waals surface area contributed by atoms with Crippen LogP contribution in [0.25, 0.3) is 5.57 Å². The van der Waals surface area contributed by atoms with Gasteiger partial charge in [0.25, 0.3) is 0 Å². The van der Waals surface area contributed by atoms with Crippen molar-refractivity contribution in [2.45, 2.75) is 32.6 Å². The topological polar surface area (TPSA) is 46.1 Å². The lowest BCUT2D eigenvalue weighted by atomic mass is 10.2. The highest BCUT2D eigenvalue weighted by Crippen LogP contribution is 2.29. The normalized spacial score (nSPS) is 17.3. The van der Waals surface area contributed by atoms with Crippen molar-refractivity contribution in [3.63, 3.8) is 0 Å². The molecule has 0 bridgehead atoms. The Bertz CT molecular complexity index is 825. The van der Waals surface area contributed by atoms with Gasteiger partial charge in [-0.1, -0.05) is 6.08 Å². The van der Waals surface area contributed by atoms with Gasteiger partial charge in [0.15, 0.2) is 0 Å². The molecule has 0 N–H and O–H groups in total. The number of aromatic nitrogens is 2. The molecule has 3 heterocycles. The number of carbonyl (C=O) groups is 1. The van der Waals surface area contributed by atoms with E-state index >= 15 is 0 Å². The summed E-state index contributed by atoms with van der Waals surface area (Å²) in [6, 6.07) is 0. The molecule has 0 saturated carbocycles. The van der Waals surface area contributed by atoms with E-state index in [-0.39, 0.29) is 5.91 Å². The second-order valence-corrected chi connectivity index (χ2v) is 8.20. The van der Waals surface area contributed by atoms with Crippen LogP contribution in [-0.4, -0.2) is 33.9 Å². The maximum absolute atomic E-state index is 12.5. The monoisotopic (exact) mass is 357 g/mol. The number of amides is 1. The number of allylic oxidation sites excluding steroid dienone is 3. The van der Waals surface area contributed by atoms with E-state index in [9.17, 15) is 4.79 Å². The van der Waals surface area contributed by atoms with Crippen molar-refractivity contribution in [1.82, 2.24) is 14.9 Å². The lowest BCUT2D eigenvalue weighted by Gasteiger charge is -2.15. The van der Waals surface area contributed by atoms with Gasteiger partial charge in [0.2, 0.25) is 5.91 Å². The van der Waals surface area contributed by atoms with E-state index in [0.717, 1.165) is 71.3 Å². The molecular formula is C18H19N3OS2. The third kappa shape index (κ3) is 3.21. The molecule has 0 radical (unpaired) electrons. The highest BCUT2D eigenvalue weighted by atomic mass is 32.1. The van der Waals surface area contributed by atoms with E-state index in [1.54, 1.807) is 22.7 Å². The molecule has 0 unspecified atom stereocenters. The van der Waals surface area contributed by atoms with E-state index in [2.05, 4.69) is 21.8 Å². The second kappa shape index (κ2) is 6.61. The van der Waals surface area contributed by atoms with E-state index in [4.69, 9.17) is 4.98 Å². The molecule has 1 amide bonds. The summed E-state index contributed by atoms with van der Waals surface area (Å²) in [5, 5.41) is 6.34. The fraction of sp³-hybridized carbons (Fsp3) is 0.389. The number of carbonyl (C=O) groups excluding carboxylic acids is 1. The van der Waals surface area contributed by atoms with Crippen LogP contribution in [-0.2, 0) is 11.2 Å². The van der Waals surface area contributed by atoms with Crippen LogP contribution in [0.2, 0.25) is 0 Å². The summed E-state index contributed by atoms with van der Waals surface area (Å²) in [4.78, 5) is 23.7. The summed E-state index contributed by atoms with van der Waals surface area (Å²) in [6.45, 7) is 3.83. The average Bonchev–Trinajstić information content (AvgIpc) is 3.35. The molecule has 1 aliphatic carbocycles. The van der Waals surface area contributed by atoms with Gasteiger partial charge in [-0.25, -0.2) is 9.97 Å². The van der Waals surface area contributed by atoms with Gasteiger partial charge >= 0.3 is 0 Å². The Morgan fingerprint density at radius 1 is 1.21 bits per heavy atom. The zero-order chi connectivity index (χ0) is 16.5. The molecule has 4 nitrogen and oxygen atoms in total.